The van der Waals surface area contributed by atoms with Crippen molar-refractivity contribution in [3.63, 3.8) is 0 Å². The average molecular weight is 295 g/mol. The smallest absolute Gasteiger partial charge is 0.268 e. The van der Waals surface area contributed by atoms with Gasteiger partial charge in [0.2, 0.25) is 0 Å². The summed E-state index contributed by atoms with van der Waals surface area (Å²) in [5, 5.41) is 1.76. The number of aromatic nitrogens is 1. The third-order valence-corrected chi connectivity index (χ3v) is 4.29. The highest BCUT2D eigenvalue weighted by Gasteiger charge is 2.42. The molecule has 4 heteroatoms. The van der Waals surface area contributed by atoms with Crippen LogP contribution in [0.5, 0.6) is 0 Å². The molecule has 3 rings (SSSR count). The third kappa shape index (κ3) is 2.62. The van der Waals surface area contributed by atoms with Crippen molar-refractivity contribution >= 4 is 5.91 Å². The van der Waals surface area contributed by atoms with Crippen molar-refractivity contribution in [3.8, 4) is 0 Å². The molecule has 114 valence electrons. The van der Waals surface area contributed by atoms with Crippen molar-refractivity contribution in [1.82, 2.24) is 15.4 Å². The molecule has 1 fully saturated rings. The first-order valence-electron chi connectivity index (χ1n) is 7.55. The fourth-order valence-corrected chi connectivity index (χ4v) is 3.08. The molecular weight excluding hydrogens is 274 g/mol. The van der Waals surface area contributed by atoms with Crippen molar-refractivity contribution in [2.24, 2.45) is 0 Å². The van der Waals surface area contributed by atoms with Gasteiger partial charge in [-0.25, -0.2) is 5.43 Å². The number of hydrazine groups is 1. The second-order valence-corrected chi connectivity index (χ2v) is 6.43. The monoisotopic (exact) mass is 295 g/mol. The fraction of sp³-hybridized carbons (Fsp3) is 0.333. The number of aryl methyl sites for hydroxylation is 1. The highest BCUT2D eigenvalue weighted by Crippen LogP contribution is 2.36. The zero-order valence-electron chi connectivity index (χ0n) is 13.2. The molecule has 1 N–H and O–H groups in total. The van der Waals surface area contributed by atoms with Crippen molar-refractivity contribution in [2.75, 3.05) is 0 Å². The van der Waals surface area contributed by atoms with Crippen molar-refractivity contribution in [3.05, 3.63) is 65.5 Å². The lowest BCUT2D eigenvalue weighted by molar-refractivity contribution is 0.0528. The maximum atomic E-state index is 12.8. The highest BCUT2D eigenvalue weighted by atomic mass is 16.2. The Morgan fingerprint density at radius 3 is 2.59 bits per heavy atom. The summed E-state index contributed by atoms with van der Waals surface area (Å²) < 4.78 is 0. The number of pyridine rings is 1. The molecule has 2 aromatic rings. The summed E-state index contributed by atoms with van der Waals surface area (Å²) >= 11 is 0. The van der Waals surface area contributed by atoms with Crippen LogP contribution in [0.25, 0.3) is 0 Å². The van der Waals surface area contributed by atoms with E-state index in [9.17, 15) is 4.79 Å². The van der Waals surface area contributed by atoms with E-state index in [0.717, 1.165) is 6.42 Å². The Morgan fingerprint density at radius 1 is 1.23 bits per heavy atom. The van der Waals surface area contributed by atoms with Crippen LogP contribution in [-0.2, 0) is 0 Å². The summed E-state index contributed by atoms with van der Waals surface area (Å²) in [6.07, 6.45) is 4.18. The minimum atomic E-state index is -0.243. The molecule has 1 saturated heterocycles. The number of nitrogens with zero attached hydrogens (tertiary/aromatic N) is 2. The van der Waals surface area contributed by atoms with Crippen LogP contribution in [0.3, 0.4) is 0 Å². The van der Waals surface area contributed by atoms with E-state index in [2.05, 4.69) is 43.3 Å². The minimum Gasteiger partial charge on any atom is -0.268 e. The zero-order chi connectivity index (χ0) is 15.7. The quantitative estimate of drug-likeness (QED) is 0.925. The SMILES string of the molecule is Cc1ccccc1C1CC(C)(C)N(C(=O)c2ccncc2)N1. The van der Waals surface area contributed by atoms with E-state index < -0.39 is 0 Å². The van der Waals surface area contributed by atoms with Gasteiger partial charge in [0.15, 0.2) is 0 Å². The van der Waals surface area contributed by atoms with Crippen LogP contribution < -0.4 is 5.43 Å². The van der Waals surface area contributed by atoms with Crippen LogP contribution in [0.4, 0.5) is 0 Å². The van der Waals surface area contributed by atoms with E-state index in [1.165, 1.54) is 11.1 Å². The highest BCUT2D eigenvalue weighted by molar-refractivity contribution is 5.94. The number of amides is 1. The second kappa shape index (κ2) is 5.54. The van der Waals surface area contributed by atoms with Crippen molar-refractivity contribution < 1.29 is 4.79 Å². The number of nitrogens with one attached hydrogen (secondary N) is 1. The Hall–Kier alpha value is -2.20. The third-order valence-electron chi connectivity index (χ3n) is 4.29. The maximum absolute atomic E-state index is 12.8. The van der Waals surface area contributed by atoms with Crippen LogP contribution in [-0.4, -0.2) is 21.4 Å². The number of benzene rings is 1. The molecule has 1 aromatic carbocycles. The normalized spacial score (nSPS) is 20.1. The summed E-state index contributed by atoms with van der Waals surface area (Å²) in [7, 11) is 0. The van der Waals surface area contributed by atoms with E-state index in [0.29, 0.717) is 5.56 Å². The van der Waals surface area contributed by atoms with Gasteiger partial charge < -0.3 is 0 Å². The molecule has 2 heterocycles. The van der Waals surface area contributed by atoms with E-state index in [1.807, 2.05) is 12.1 Å². The number of hydrogen-bond acceptors (Lipinski definition) is 3. The number of rotatable bonds is 2. The van der Waals surface area contributed by atoms with Gasteiger partial charge in [-0.3, -0.25) is 14.8 Å². The van der Waals surface area contributed by atoms with Crippen LogP contribution in [0.2, 0.25) is 0 Å². The molecule has 0 saturated carbocycles. The van der Waals surface area contributed by atoms with Crippen molar-refractivity contribution in [2.45, 2.75) is 38.8 Å². The Labute approximate surface area is 131 Å². The maximum Gasteiger partial charge on any atom is 0.268 e. The van der Waals surface area contributed by atoms with Crippen LogP contribution in [0.15, 0.2) is 48.8 Å². The van der Waals surface area contributed by atoms with Gasteiger partial charge in [-0.2, -0.15) is 0 Å². The lowest BCUT2D eigenvalue weighted by atomic mass is 9.92. The summed E-state index contributed by atoms with van der Waals surface area (Å²) in [5.41, 5.74) is 6.31. The Bertz CT molecular complexity index is 682. The van der Waals surface area contributed by atoms with Gasteiger partial charge in [-0.1, -0.05) is 24.3 Å². The predicted octanol–water partition coefficient (Wildman–Crippen LogP) is 3.26. The molecule has 0 spiro atoms. The number of carbonyl (C=O) groups is 1. The van der Waals surface area contributed by atoms with Crippen LogP contribution >= 0.6 is 0 Å². The summed E-state index contributed by atoms with van der Waals surface area (Å²) in [5.74, 6) is -0.0107. The summed E-state index contributed by atoms with van der Waals surface area (Å²) in [4.78, 5) is 16.7. The number of hydrogen-bond donors (Lipinski definition) is 1. The standard InChI is InChI=1S/C18H21N3O/c1-13-6-4-5-7-15(13)16-12-18(2,3)21(20-16)17(22)14-8-10-19-11-9-14/h4-11,16,20H,12H2,1-3H3. The van der Waals surface area contributed by atoms with E-state index in [-0.39, 0.29) is 17.5 Å². The van der Waals surface area contributed by atoms with Gasteiger partial charge in [-0.05, 0) is 50.5 Å². The summed E-state index contributed by atoms with van der Waals surface area (Å²) in [6.45, 7) is 6.30. The Kier molecular flexibility index (Phi) is 3.71. The molecule has 0 aliphatic carbocycles. The zero-order valence-corrected chi connectivity index (χ0v) is 13.2. The molecule has 1 amide bonds. The van der Waals surface area contributed by atoms with Gasteiger partial charge in [-0.15, -0.1) is 0 Å². The molecule has 22 heavy (non-hydrogen) atoms. The van der Waals surface area contributed by atoms with Gasteiger partial charge in [0.25, 0.3) is 5.91 Å². The molecule has 1 aliphatic heterocycles. The average Bonchev–Trinajstić information content (AvgIpc) is 2.83. The summed E-state index contributed by atoms with van der Waals surface area (Å²) in [6, 6.07) is 12.0. The van der Waals surface area contributed by atoms with E-state index >= 15 is 0 Å². The van der Waals surface area contributed by atoms with Crippen molar-refractivity contribution in [1.29, 1.82) is 0 Å². The molecule has 1 aliphatic rings. The van der Waals surface area contributed by atoms with Gasteiger partial charge in [0.05, 0.1) is 11.6 Å². The largest absolute Gasteiger partial charge is 0.268 e. The molecule has 1 unspecified atom stereocenters. The second-order valence-electron chi connectivity index (χ2n) is 6.43. The molecule has 4 nitrogen and oxygen atoms in total. The van der Waals surface area contributed by atoms with Crippen LogP contribution in [0.1, 0.15) is 47.8 Å². The van der Waals surface area contributed by atoms with E-state index in [1.54, 1.807) is 29.5 Å². The lowest BCUT2D eigenvalue weighted by Crippen LogP contribution is -2.48. The molecule has 1 atom stereocenters. The van der Waals surface area contributed by atoms with E-state index in [4.69, 9.17) is 0 Å². The van der Waals surface area contributed by atoms with Gasteiger partial charge >= 0.3 is 0 Å². The Balaban J connectivity index is 1.88. The van der Waals surface area contributed by atoms with Gasteiger partial charge in [0, 0.05) is 18.0 Å². The first-order chi connectivity index (χ1) is 10.5. The first-order valence-corrected chi connectivity index (χ1v) is 7.55. The fourth-order valence-electron chi connectivity index (χ4n) is 3.08. The molecule has 1 aromatic heterocycles. The minimum absolute atomic E-state index is 0.0107. The molecular formula is C18H21N3O. The van der Waals surface area contributed by atoms with Gasteiger partial charge in [0.1, 0.15) is 0 Å². The molecule has 0 bridgehead atoms. The topological polar surface area (TPSA) is 45.2 Å². The Morgan fingerprint density at radius 2 is 1.91 bits per heavy atom. The lowest BCUT2D eigenvalue weighted by Gasteiger charge is -2.30. The predicted molar refractivity (Wildman–Crippen MR) is 86.2 cm³/mol. The molecule has 0 radical (unpaired) electrons. The first kappa shape index (κ1) is 14.7. The number of carbonyl (C=O) groups excluding carboxylic acids is 1. The van der Waals surface area contributed by atoms with Crippen LogP contribution in [0, 0.1) is 6.92 Å².